The molecule has 0 saturated heterocycles. The van der Waals surface area contributed by atoms with E-state index < -0.39 is 5.97 Å². The molecule has 0 fully saturated rings. The summed E-state index contributed by atoms with van der Waals surface area (Å²) in [5.74, 6) is 4.66. The maximum absolute atomic E-state index is 10.8. The molecule has 17 heavy (non-hydrogen) atoms. The summed E-state index contributed by atoms with van der Waals surface area (Å²) in [6.07, 6.45) is 1.37. The van der Waals surface area contributed by atoms with Gasteiger partial charge in [-0.25, -0.2) is 4.79 Å². The third kappa shape index (κ3) is 4.71. The van der Waals surface area contributed by atoms with Crippen LogP contribution in [0.4, 0.5) is 0 Å². The normalized spacial score (nSPS) is 11.2. The maximum atomic E-state index is 10.8. The van der Waals surface area contributed by atoms with E-state index >= 15 is 0 Å². The minimum Gasteiger partial charge on any atom is -0.459 e. The molecule has 1 atom stereocenters. The molecule has 0 bridgehead atoms. The molecule has 3 nitrogen and oxygen atoms in total. The van der Waals surface area contributed by atoms with Gasteiger partial charge in [0.15, 0.2) is 0 Å². The second-order valence-corrected chi connectivity index (χ2v) is 3.47. The fraction of sp³-hybridized carbons (Fsp3) is 0.357. The van der Waals surface area contributed by atoms with Gasteiger partial charge in [0.05, 0.1) is 13.2 Å². The molecular formula is C14H16O3. The van der Waals surface area contributed by atoms with Gasteiger partial charge in [-0.15, -0.1) is 0 Å². The number of benzene rings is 1. The summed E-state index contributed by atoms with van der Waals surface area (Å²) in [5, 5.41) is 0. The molecule has 0 aliphatic rings. The van der Waals surface area contributed by atoms with Crippen LogP contribution >= 0.6 is 0 Å². The Hall–Kier alpha value is -1.79. The summed E-state index contributed by atoms with van der Waals surface area (Å²) in [5.41, 5.74) is 1.12. The van der Waals surface area contributed by atoms with Crippen molar-refractivity contribution in [2.24, 2.45) is 0 Å². The summed E-state index contributed by atoms with van der Waals surface area (Å²) in [6.45, 7) is 0. The first kappa shape index (κ1) is 13.3. The lowest BCUT2D eigenvalue weighted by Crippen LogP contribution is -2.01. The van der Waals surface area contributed by atoms with Crippen LogP contribution in [0.25, 0.3) is 0 Å². The summed E-state index contributed by atoms with van der Waals surface area (Å²) in [4.78, 5) is 10.8. The van der Waals surface area contributed by atoms with Gasteiger partial charge in [0.25, 0.3) is 0 Å². The van der Waals surface area contributed by atoms with Gasteiger partial charge in [-0.05, 0) is 12.0 Å². The molecule has 0 aliphatic heterocycles. The molecule has 3 heteroatoms. The lowest BCUT2D eigenvalue weighted by atomic mass is 10.1. The van der Waals surface area contributed by atoms with Crippen molar-refractivity contribution >= 4 is 5.97 Å². The topological polar surface area (TPSA) is 35.5 Å². The molecule has 0 amide bonds. The van der Waals surface area contributed by atoms with Crippen molar-refractivity contribution < 1.29 is 14.3 Å². The number of rotatable bonds is 4. The lowest BCUT2D eigenvalue weighted by Gasteiger charge is -2.13. The summed E-state index contributed by atoms with van der Waals surface area (Å²) < 4.78 is 9.81. The van der Waals surface area contributed by atoms with E-state index in [1.54, 1.807) is 7.11 Å². The fourth-order valence-electron chi connectivity index (χ4n) is 1.48. The number of hydrogen-bond acceptors (Lipinski definition) is 3. The van der Waals surface area contributed by atoms with E-state index in [0.29, 0.717) is 6.42 Å². The molecule has 0 aliphatic carbocycles. The highest BCUT2D eigenvalue weighted by Crippen LogP contribution is 2.20. The SMILES string of the molecule is COC(=O)C#CCCC(OC)c1ccccc1. The number of hydrogen-bond donors (Lipinski definition) is 0. The Morgan fingerprint density at radius 1 is 1.29 bits per heavy atom. The number of esters is 1. The number of methoxy groups -OCH3 is 2. The monoisotopic (exact) mass is 232 g/mol. The van der Waals surface area contributed by atoms with Crippen LogP contribution in [0.3, 0.4) is 0 Å². The van der Waals surface area contributed by atoms with Crippen molar-refractivity contribution in [1.82, 2.24) is 0 Å². The molecular weight excluding hydrogens is 216 g/mol. The van der Waals surface area contributed by atoms with Crippen LogP contribution in [0.2, 0.25) is 0 Å². The van der Waals surface area contributed by atoms with Gasteiger partial charge in [-0.2, -0.15) is 0 Å². The highest BCUT2D eigenvalue weighted by atomic mass is 16.5. The van der Waals surface area contributed by atoms with Gasteiger partial charge in [-0.3, -0.25) is 0 Å². The number of carbonyl (C=O) groups is 1. The summed E-state index contributed by atoms with van der Waals surface area (Å²) in [6, 6.07) is 9.94. The average Bonchev–Trinajstić information content (AvgIpc) is 2.39. The first-order valence-electron chi connectivity index (χ1n) is 5.42. The van der Waals surface area contributed by atoms with Crippen LogP contribution in [0, 0.1) is 11.8 Å². The zero-order chi connectivity index (χ0) is 12.5. The van der Waals surface area contributed by atoms with E-state index in [2.05, 4.69) is 16.6 Å². The van der Waals surface area contributed by atoms with Gasteiger partial charge < -0.3 is 9.47 Å². The smallest absolute Gasteiger partial charge is 0.384 e. The van der Waals surface area contributed by atoms with Crippen LogP contribution in [-0.4, -0.2) is 20.2 Å². The summed E-state index contributed by atoms with van der Waals surface area (Å²) in [7, 11) is 2.99. The minimum atomic E-state index is -0.501. The molecule has 1 unspecified atom stereocenters. The standard InChI is InChI=1S/C14H16O3/c1-16-13(12-8-4-3-5-9-12)10-6-7-11-14(15)17-2/h3-5,8-9,13H,6,10H2,1-2H3. The summed E-state index contributed by atoms with van der Waals surface area (Å²) >= 11 is 0. The van der Waals surface area contributed by atoms with Crippen molar-refractivity contribution in [2.45, 2.75) is 18.9 Å². The highest BCUT2D eigenvalue weighted by molar-refractivity contribution is 5.88. The molecule has 1 aromatic rings. The predicted molar refractivity (Wildman–Crippen MR) is 65.2 cm³/mol. The molecule has 1 rings (SSSR count). The van der Waals surface area contributed by atoms with Crippen LogP contribution in [0.5, 0.6) is 0 Å². The van der Waals surface area contributed by atoms with E-state index in [1.807, 2.05) is 30.3 Å². The van der Waals surface area contributed by atoms with Crippen molar-refractivity contribution in [3.63, 3.8) is 0 Å². The van der Waals surface area contributed by atoms with Gasteiger partial charge >= 0.3 is 5.97 Å². The molecule has 0 aromatic heterocycles. The van der Waals surface area contributed by atoms with Crippen LogP contribution < -0.4 is 0 Å². The van der Waals surface area contributed by atoms with E-state index in [0.717, 1.165) is 12.0 Å². The number of ether oxygens (including phenoxy) is 2. The Morgan fingerprint density at radius 2 is 2.00 bits per heavy atom. The quantitative estimate of drug-likeness (QED) is 0.454. The lowest BCUT2D eigenvalue weighted by molar-refractivity contribution is -0.133. The molecule has 0 spiro atoms. The van der Waals surface area contributed by atoms with Gasteiger partial charge in [-0.1, -0.05) is 36.3 Å². The molecule has 0 saturated carbocycles. The first-order valence-corrected chi connectivity index (χ1v) is 5.42. The molecule has 0 heterocycles. The second kappa shape index (κ2) is 7.48. The molecule has 0 N–H and O–H groups in total. The van der Waals surface area contributed by atoms with Gasteiger partial charge in [0.1, 0.15) is 0 Å². The van der Waals surface area contributed by atoms with Gasteiger partial charge in [0, 0.05) is 19.5 Å². The van der Waals surface area contributed by atoms with Crippen molar-refractivity contribution in [3.8, 4) is 11.8 Å². The van der Waals surface area contributed by atoms with E-state index in [9.17, 15) is 4.79 Å². The number of carbonyl (C=O) groups excluding carboxylic acids is 1. The Labute approximate surface area is 102 Å². The van der Waals surface area contributed by atoms with E-state index in [-0.39, 0.29) is 6.10 Å². The zero-order valence-electron chi connectivity index (χ0n) is 10.1. The third-order valence-corrected chi connectivity index (χ3v) is 2.36. The predicted octanol–water partition coefficient (Wildman–Crippen LogP) is 2.33. The van der Waals surface area contributed by atoms with Crippen molar-refractivity contribution in [3.05, 3.63) is 35.9 Å². The Balaban J connectivity index is 2.48. The first-order chi connectivity index (χ1) is 8.27. The third-order valence-electron chi connectivity index (χ3n) is 2.36. The second-order valence-electron chi connectivity index (χ2n) is 3.47. The van der Waals surface area contributed by atoms with Crippen LogP contribution in [0.15, 0.2) is 30.3 Å². The zero-order valence-corrected chi connectivity index (χ0v) is 10.1. The molecule has 0 radical (unpaired) electrons. The maximum Gasteiger partial charge on any atom is 0.384 e. The van der Waals surface area contributed by atoms with Crippen LogP contribution in [0.1, 0.15) is 24.5 Å². The molecule has 90 valence electrons. The van der Waals surface area contributed by atoms with E-state index in [4.69, 9.17) is 4.74 Å². The Bertz CT molecular complexity index is 400. The minimum absolute atomic E-state index is 0.0168. The average molecular weight is 232 g/mol. The Morgan fingerprint density at radius 3 is 2.59 bits per heavy atom. The largest absolute Gasteiger partial charge is 0.459 e. The molecule has 1 aromatic carbocycles. The fourth-order valence-corrected chi connectivity index (χ4v) is 1.48. The van der Waals surface area contributed by atoms with Crippen molar-refractivity contribution in [1.29, 1.82) is 0 Å². The van der Waals surface area contributed by atoms with E-state index in [1.165, 1.54) is 7.11 Å². The van der Waals surface area contributed by atoms with Crippen LogP contribution in [-0.2, 0) is 14.3 Å². The Kier molecular flexibility index (Phi) is 5.84. The highest BCUT2D eigenvalue weighted by Gasteiger charge is 2.08. The van der Waals surface area contributed by atoms with Gasteiger partial charge in [0.2, 0.25) is 0 Å². The van der Waals surface area contributed by atoms with Crippen molar-refractivity contribution in [2.75, 3.05) is 14.2 Å².